The standard InChI is InChI=1S/C24H29F3N4O2/c1-5-22(32)28-19-11-12-20(33-17-8-6-16(7-9-17)24(25,26)27)23-18(19)10-13-21(29-23)31(4)15-14-30(2)3/h5-10,13,19-20H,1,11-12,14-15H2,2-4H3,(H,28,32). The van der Waals surface area contributed by atoms with Gasteiger partial charge in [0.1, 0.15) is 17.7 Å². The summed E-state index contributed by atoms with van der Waals surface area (Å²) >= 11 is 0. The first-order valence-electron chi connectivity index (χ1n) is 10.7. The fraction of sp³-hybridized carbons (Fsp3) is 0.417. The van der Waals surface area contributed by atoms with Crippen LogP contribution in [-0.4, -0.2) is 50.0 Å². The van der Waals surface area contributed by atoms with Gasteiger partial charge in [0.25, 0.3) is 0 Å². The topological polar surface area (TPSA) is 57.7 Å². The Kier molecular flexibility index (Phi) is 7.63. The van der Waals surface area contributed by atoms with Gasteiger partial charge in [-0.25, -0.2) is 4.98 Å². The van der Waals surface area contributed by atoms with Crippen molar-refractivity contribution < 1.29 is 22.7 Å². The Bertz CT molecular complexity index is 977. The van der Waals surface area contributed by atoms with Crippen LogP contribution in [0.1, 0.15) is 41.8 Å². The number of halogens is 3. The molecule has 2 atom stereocenters. The largest absolute Gasteiger partial charge is 0.484 e. The van der Waals surface area contributed by atoms with Crippen LogP contribution in [0.15, 0.2) is 49.1 Å². The zero-order chi connectivity index (χ0) is 24.2. The van der Waals surface area contributed by atoms with Gasteiger partial charge in [0.05, 0.1) is 17.3 Å². The van der Waals surface area contributed by atoms with Crippen LogP contribution in [0.3, 0.4) is 0 Å². The highest BCUT2D eigenvalue weighted by Crippen LogP contribution is 2.39. The minimum Gasteiger partial charge on any atom is -0.484 e. The third kappa shape index (κ3) is 6.25. The number of anilines is 1. The van der Waals surface area contributed by atoms with Crippen LogP contribution in [0.2, 0.25) is 0 Å². The molecule has 2 aromatic rings. The van der Waals surface area contributed by atoms with E-state index in [2.05, 4.69) is 16.8 Å². The molecule has 2 unspecified atom stereocenters. The van der Waals surface area contributed by atoms with Gasteiger partial charge >= 0.3 is 6.18 Å². The first-order chi connectivity index (χ1) is 15.6. The maximum atomic E-state index is 12.9. The third-order valence-corrected chi connectivity index (χ3v) is 5.58. The predicted molar refractivity (Wildman–Crippen MR) is 121 cm³/mol. The van der Waals surface area contributed by atoms with Crippen LogP contribution in [0, 0.1) is 0 Å². The fourth-order valence-electron chi connectivity index (χ4n) is 3.70. The van der Waals surface area contributed by atoms with Gasteiger partial charge in [-0.2, -0.15) is 13.2 Å². The van der Waals surface area contributed by atoms with Gasteiger partial charge in [0, 0.05) is 20.1 Å². The molecule has 178 valence electrons. The third-order valence-electron chi connectivity index (χ3n) is 5.58. The van der Waals surface area contributed by atoms with Crippen molar-refractivity contribution in [3.8, 4) is 5.75 Å². The molecular weight excluding hydrogens is 433 g/mol. The molecule has 1 N–H and O–H groups in total. The number of benzene rings is 1. The second-order valence-electron chi connectivity index (χ2n) is 8.34. The molecule has 0 spiro atoms. The molecule has 6 nitrogen and oxygen atoms in total. The highest BCUT2D eigenvalue weighted by molar-refractivity contribution is 5.87. The lowest BCUT2D eigenvalue weighted by Gasteiger charge is -2.32. The summed E-state index contributed by atoms with van der Waals surface area (Å²) in [7, 11) is 5.94. The average molecular weight is 463 g/mol. The Morgan fingerprint density at radius 3 is 2.45 bits per heavy atom. The maximum Gasteiger partial charge on any atom is 0.416 e. The number of nitrogens with zero attached hydrogens (tertiary/aromatic N) is 3. The van der Waals surface area contributed by atoms with Crippen molar-refractivity contribution in [2.45, 2.75) is 31.2 Å². The van der Waals surface area contributed by atoms with E-state index in [-0.39, 0.29) is 11.9 Å². The summed E-state index contributed by atoms with van der Waals surface area (Å²) < 4.78 is 44.7. The molecule has 1 heterocycles. The summed E-state index contributed by atoms with van der Waals surface area (Å²) in [6.07, 6.45) is -2.47. The van der Waals surface area contributed by atoms with E-state index in [4.69, 9.17) is 9.72 Å². The molecule has 33 heavy (non-hydrogen) atoms. The number of nitrogens with one attached hydrogen (secondary N) is 1. The highest BCUT2D eigenvalue weighted by Gasteiger charge is 2.32. The molecule has 1 aliphatic carbocycles. The van der Waals surface area contributed by atoms with E-state index in [1.165, 1.54) is 18.2 Å². The van der Waals surface area contributed by atoms with Crippen LogP contribution in [0.5, 0.6) is 5.75 Å². The molecule has 1 aliphatic rings. The zero-order valence-electron chi connectivity index (χ0n) is 19.0. The molecular formula is C24H29F3N4O2. The number of amides is 1. The number of carbonyl (C=O) groups excluding carboxylic acids is 1. The number of ether oxygens (including phenoxy) is 1. The van der Waals surface area contributed by atoms with E-state index < -0.39 is 17.8 Å². The molecule has 1 aromatic heterocycles. The summed E-state index contributed by atoms with van der Waals surface area (Å²) in [5, 5.41) is 2.92. The highest BCUT2D eigenvalue weighted by atomic mass is 19.4. The molecule has 0 bridgehead atoms. The van der Waals surface area contributed by atoms with Gasteiger partial charge in [-0.15, -0.1) is 0 Å². The van der Waals surface area contributed by atoms with E-state index in [1.54, 1.807) is 0 Å². The molecule has 0 fully saturated rings. The van der Waals surface area contributed by atoms with Gasteiger partial charge in [-0.3, -0.25) is 4.79 Å². The molecule has 0 aliphatic heterocycles. The molecule has 0 saturated carbocycles. The molecule has 9 heteroatoms. The molecule has 0 radical (unpaired) electrons. The van der Waals surface area contributed by atoms with E-state index in [9.17, 15) is 18.0 Å². The number of rotatable bonds is 8. The van der Waals surface area contributed by atoms with Crippen molar-refractivity contribution in [3.63, 3.8) is 0 Å². The zero-order valence-corrected chi connectivity index (χ0v) is 19.0. The maximum absolute atomic E-state index is 12.9. The lowest BCUT2D eigenvalue weighted by Crippen LogP contribution is -2.33. The van der Waals surface area contributed by atoms with Crippen molar-refractivity contribution in [3.05, 3.63) is 65.9 Å². The number of alkyl halides is 3. The van der Waals surface area contributed by atoms with Gasteiger partial charge in [0.2, 0.25) is 5.91 Å². The second kappa shape index (κ2) is 10.2. The lowest BCUT2D eigenvalue weighted by molar-refractivity contribution is -0.137. The number of hydrogen-bond donors (Lipinski definition) is 1. The van der Waals surface area contributed by atoms with Gasteiger partial charge in [-0.1, -0.05) is 12.6 Å². The second-order valence-corrected chi connectivity index (χ2v) is 8.34. The van der Waals surface area contributed by atoms with E-state index in [0.29, 0.717) is 24.3 Å². The normalized spacial score (nSPS) is 17.9. The number of hydrogen-bond acceptors (Lipinski definition) is 5. The number of aromatic nitrogens is 1. The summed E-state index contributed by atoms with van der Waals surface area (Å²) in [5.41, 5.74) is 0.775. The van der Waals surface area contributed by atoms with Crippen LogP contribution in [-0.2, 0) is 11.0 Å². The number of pyridine rings is 1. The Morgan fingerprint density at radius 2 is 1.85 bits per heavy atom. The minimum atomic E-state index is -4.40. The quantitative estimate of drug-likeness (QED) is 0.591. The van der Waals surface area contributed by atoms with Crippen LogP contribution >= 0.6 is 0 Å². The van der Waals surface area contributed by atoms with Crippen molar-refractivity contribution >= 4 is 11.7 Å². The Balaban J connectivity index is 1.89. The predicted octanol–water partition coefficient (Wildman–Crippen LogP) is 4.36. The Hall–Kier alpha value is -3.07. The summed E-state index contributed by atoms with van der Waals surface area (Å²) in [5.74, 6) is 0.813. The van der Waals surface area contributed by atoms with E-state index >= 15 is 0 Å². The SMILES string of the molecule is C=CC(=O)NC1CCC(Oc2ccc(C(F)(F)F)cc2)c2nc(N(C)CCN(C)C)ccc21. The van der Waals surface area contributed by atoms with Crippen molar-refractivity contribution in [1.82, 2.24) is 15.2 Å². The van der Waals surface area contributed by atoms with Crippen molar-refractivity contribution in [1.29, 1.82) is 0 Å². The Labute approximate surface area is 192 Å². The summed E-state index contributed by atoms with van der Waals surface area (Å²) in [6.45, 7) is 5.12. The van der Waals surface area contributed by atoms with Gasteiger partial charge in [-0.05, 0) is 68.9 Å². The summed E-state index contributed by atoms with van der Waals surface area (Å²) in [4.78, 5) is 20.9. The smallest absolute Gasteiger partial charge is 0.416 e. The average Bonchev–Trinajstić information content (AvgIpc) is 2.78. The van der Waals surface area contributed by atoms with Crippen molar-refractivity contribution in [2.75, 3.05) is 39.1 Å². The molecule has 3 rings (SSSR count). The fourth-order valence-corrected chi connectivity index (χ4v) is 3.70. The van der Waals surface area contributed by atoms with Crippen LogP contribution < -0.4 is 15.0 Å². The van der Waals surface area contributed by atoms with Crippen LogP contribution in [0.4, 0.5) is 19.0 Å². The first kappa shape index (κ1) is 24.6. The van der Waals surface area contributed by atoms with Gasteiger partial charge in [0.15, 0.2) is 0 Å². The van der Waals surface area contributed by atoms with Crippen LogP contribution in [0.25, 0.3) is 0 Å². The minimum absolute atomic E-state index is 0.244. The monoisotopic (exact) mass is 462 g/mol. The first-order valence-corrected chi connectivity index (χ1v) is 10.7. The summed E-state index contributed by atoms with van der Waals surface area (Å²) in [6, 6.07) is 8.24. The number of likely N-dealkylation sites (N-methyl/N-ethyl adjacent to an activating group) is 2. The van der Waals surface area contributed by atoms with Crippen molar-refractivity contribution in [2.24, 2.45) is 0 Å². The molecule has 1 aromatic carbocycles. The van der Waals surface area contributed by atoms with E-state index in [1.807, 2.05) is 38.2 Å². The number of fused-ring (bicyclic) bond motifs is 1. The molecule has 0 saturated heterocycles. The van der Waals surface area contributed by atoms with E-state index in [0.717, 1.165) is 36.6 Å². The Morgan fingerprint density at radius 1 is 1.15 bits per heavy atom. The lowest BCUT2D eigenvalue weighted by atomic mass is 9.89. The van der Waals surface area contributed by atoms with Gasteiger partial charge < -0.3 is 19.9 Å². The molecule has 1 amide bonds. The number of carbonyl (C=O) groups is 1.